The van der Waals surface area contributed by atoms with Crippen molar-refractivity contribution in [1.29, 1.82) is 0 Å². The van der Waals surface area contributed by atoms with E-state index < -0.39 is 86.3 Å². The number of amides is 2. The normalized spacial score (nSPS) is 40.9. The lowest BCUT2D eigenvalue weighted by molar-refractivity contribution is -0.331. The van der Waals surface area contributed by atoms with Crippen LogP contribution in [-0.2, 0) is 33.3 Å². The van der Waals surface area contributed by atoms with Gasteiger partial charge in [0.15, 0.2) is 12.6 Å². The van der Waals surface area contributed by atoms with E-state index in [4.69, 9.17) is 23.7 Å². The molecule has 31 heavy (non-hydrogen) atoms. The molecule has 0 aromatic heterocycles. The van der Waals surface area contributed by atoms with Crippen molar-refractivity contribution in [3.63, 3.8) is 0 Å². The maximum atomic E-state index is 11.7. The van der Waals surface area contributed by atoms with E-state index in [9.17, 15) is 30.0 Å². The Morgan fingerprint density at radius 2 is 1.26 bits per heavy atom. The number of carbonyl (C=O) groups excluding carboxylic acids is 2. The molecule has 0 bridgehead atoms. The minimum absolute atomic E-state index is 0.459. The molecule has 0 saturated carbocycles. The number of rotatable bonds is 8. The number of aliphatic hydroxyl groups is 4. The summed E-state index contributed by atoms with van der Waals surface area (Å²) in [6, 6.07) is -2.17. The molecule has 13 nitrogen and oxygen atoms in total. The molecular weight excluding hydrogens is 420 g/mol. The van der Waals surface area contributed by atoms with Gasteiger partial charge >= 0.3 is 0 Å². The highest BCUT2D eigenvalue weighted by molar-refractivity contribution is 5.73. The molecule has 10 atom stereocenters. The van der Waals surface area contributed by atoms with E-state index >= 15 is 0 Å². The zero-order chi connectivity index (χ0) is 23.3. The zero-order valence-electron chi connectivity index (χ0n) is 17.8. The van der Waals surface area contributed by atoms with Gasteiger partial charge in [0.2, 0.25) is 11.8 Å². The maximum absolute atomic E-state index is 11.7. The molecule has 0 aromatic rings. The van der Waals surface area contributed by atoms with E-state index in [1.165, 1.54) is 28.1 Å². The summed E-state index contributed by atoms with van der Waals surface area (Å²) in [4.78, 5) is 23.2. The summed E-state index contributed by atoms with van der Waals surface area (Å²) in [5.74, 6) is -0.951. The fraction of sp³-hybridized carbons (Fsp3) is 0.889. The molecule has 4 unspecified atom stereocenters. The molecule has 0 radical (unpaired) electrons. The maximum Gasteiger partial charge on any atom is 0.217 e. The fourth-order valence-electron chi connectivity index (χ4n) is 3.84. The third-order valence-electron chi connectivity index (χ3n) is 5.24. The van der Waals surface area contributed by atoms with Gasteiger partial charge < -0.3 is 54.7 Å². The molecule has 180 valence electrons. The minimum Gasteiger partial charge on any atom is -0.394 e. The van der Waals surface area contributed by atoms with Crippen molar-refractivity contribution in [2.45, 2.75) is 75.1 Å². The van der Waals surface area contributed by atoms with Crippen LogP contribution < -0.4 is 10.6 Å². The van der Waals surface area contributed by atoms with E-state index in [0.29, 0.717) is 0 Å². The van der Waals surface area contributed by atoms with E-state index in [2.05, 4.69) is 10.6 Å². The molecule has 2 amide bonds. The lowest BCUT2D eigenvalue weighted by Crippen LogP contribution is -2.69. The molecular formula is C18H32N2O11. The Morgan fingerprint density at radius 3 is 1.71 bits per heavy atom. The summed E-state index contributed by atoms with van der Waals surface area (Å²) in [6.45, 7) is 1.39. The van der Waals surface area contributed by atoms with Crippen LogP contribution in [0.5, 0.6) is 0 Å². The van der Waals surface area contributed by atoms with Gasteiger partial charge in [0.05, 0.1) is 13.2 Å². The van der Waals surface area contributed by atoms with Crippen LogP contribution in [0.1, 0.15) is 13.8 Å². The standard InChI is InChI=1S/C18H32N2O11/c1-7(23)19-11-14(26)16(10(6-22)29-17(11)28-4)31-18-12(20-8(2)24)13(25)15(27-3)9(5-21)30-18/h9-18,21-22,25-26H,5-6H2,1-4H3,(H,19,23)(H,20,24)/t9?,10?,11?,12?,13-,14+,15+,16+,17-,18-/m1/s1. The second kappa shape index (κ2) is 11.4. The molecule has 2 aliphatic heterocycles. The highest BCUT2D eigenvalue weighted by Gasteiger charge is 2.52. The van der Waals surface area contributed by atoms with Gasteiger partial charge in [0.1, 0.15) is 48.7 Å². The average molecular weight is 452 g/mol. The number of carbonyl (C=O) groups is 2. The summed E-state index contributed by atoms with van der Waals surface area (Å²) in [7, 11) is 2.63. The number of methoxy groups -OCH3 is 2. The smallest absolute Gasteiger partial charge is 0.217 e. The molecule has 2 fully saturated rings. The number of hydrogen-bond acceptors (Lipinski definition) is 11. The third-order valence-corrected chi connectivity index (χ3v) is 5.24. The summed E-state index contributed by atoms with van der Waals surface area (Å²) < 4.78 is 27.5. The third kappa shape index (κ3) is 5.88. The van der Waals surface area contributed by atoms with E-state index in [1.807, 2.05) is 0 Å². The van der Waals surface area contributed by atoms with Crippen molar-refractivity contribution < 1.29 is 53.7 Å². The van der Waals surface area contributed by atoms with Crippen LogP contribution in [0.2, 0.25) is 0 Å². The van der Waals surface area contributed by atoms with Crippen molar-refractivity contribution in [3.8, 4) is 0 Å². The first-order valence-corrected chi connectivity index (χ1v) is 9.82. The Balaban J connectivity index is 2.30. The van der Waals surface area contributed by atoms with Crippen molar-refractivity contribution in [3.05, 3.63) is 0 Å². The molecule has 0 spiro atoms. The van der Waals surface area contributed by atoms with E-state index in [1.54, 1.807) is 0 Å². The monoisotopic (exact) mass is 452 g/mol. The molecule has 2 saturated heterocycles. The number of ether oxygens (including phenoxy) is 5. The Bertz CT molecular complexity index is 609. The van der Waals surface area contributed by atoms with Gasteiger partial charge in [-0.2, -0.15) is 0 Å². The highest BCUT2D eigenvalue weighted by atomic mass is 16.7. The molecule has 0 aliphatic carbocycles. The fourth-order valence-corrected chi connectivity index (χ4v) is 3.84. The average Bonchev–Trinajstić information content (AvgIpc) is 2.72. The second-order valence-electron chi connectivity index (χ2n) is 7.42. The first-order valence-electron chi connectivity index (χ1n) is 9.82. The van der Waals surface area contributed by atoms with Gasteiger partial charge in [-0.3, -0.25) is 9.59 Å². The Hall–Kier alpha value is -1.42. The van der Waals surface area contributed by atoms with Gasteiger partial charge in [0, 0.05) is 28.1 Å². The van der Waals surface area contributed by atoms with E-state index in [0.717, 1.165) is 0 Å². The number of nitrogens with one attached hydrogen (secondary N) is 2. The van der Waals surface area contributed by atoms with Gasteiger partial charge in [-0.25, -0.2) is 0 Å². The van der Waals surface area contributed by atoms with Crippen LogP contribution in [-0.4, -0.2) is 121 Å². The van der Waals surface area contributed by atoms with Crippen LogP contribution in [0.3, 0.4) is 0 Å². The van der Waals surface area contributed by atoms with Gasteiger partial charge in [-0.05, 0) is 0 Å². The minimum atomic E-state index is -1.41. The van der Waals surface area contributed by atoms with Crippen LogP contribution in [0.4, 0.5) is 0 Å². The lowest BCUT2D eigenvalue weighted by Gasteiger charge is -2.48. The largest absolute Gasteiger partial charge is 0.394 e. The summed E-state index contributed by atoms with van der Waals surface area (Å²) in [5, 5.41) is 46.0. The van der Waals surface area contributed by atoms with Crippen molar-refractivity contribution >= 4 is 11.8 Å². The Labute approximate surface area is 179 Å². The topological polar surface area (TPSA) is 185 Å². The predicted molar refractivity (Wildman–Crippen MR) is 101 cm³/mol. The Kier molecular flexibility index (Phi) is 9.54. The molecule has 2 heterocycles. The van der Waals surface area contributed by atoms with E-state index in [-0.39, 0.29) is 0 Å². The Morgan fingerprint density at radius 1 is 0.806 bits per heavy atom. The van der Waals surface area contributed by atoms with Crippen molar-refractivity contribution in [2.24, 2.45) is 0 Å². The van der Waals surface area contributed by atoms with Crippen LogP contribution in [0.15, 0.2) is 0 Å². The summed E-state index contributed by atoms with van der Waals surface area (Å²) in [5.41, 5.74) is 0. The van der Waals surface area contributed by atoms with Crippen molar-refractivity contribution in [1.82, 2.24) is 10.6 Å². The molecule has 13 heteroatoms. The van der Waals surface area contributed by atoms with Gasteiger partial charge in [0.25, 0.3) is 0 Å². The second-order valence-corrected chi connectivity index (χ2v) is 7.42. The van der Waals surface area contributed by atoms with Crippen LogP contribution in [0, 0.1) is 0 Å². The first-order chi connectivity index (χ1) is 14.7. The van der Waals surface area contributed by atoms with Gasteiger partial charge in [-0.15, -0.1) is 0 Å². The molecule has 2 aliphatic rings. The predicted octanol–water partition coefficient (Wildman–Crippen LogP) is -3.80. The van der Waals surface area contributed by atoms with Gasteiger partial charge in [-0.1, -0.05) is 0 Å². The molecule has 0 aromatic carbocycles. The van der Waals surface area contributed by atoms with Crippen molar-refractivity contribution in [2.75, 3.05) is 27.4 Å². The first kappa shape index (κ1) is 25.8. The SMILES string of the molecule is CO[C@@H]1OC(CO)[C@H](O[C@H]2OC(CO)[C@H](OC)[C@H](O)C2NC(C)=O)[C@@H](O)C1NC(C)=O. The quantitative estimate of drug-likeness (QED) is 0.212. The molecule has 2 rings (SSSR count). The summed E-state index contributed by atoms with van der Waals surface area (Å²) in [6.07, 6.45) is -9.45. The molecule has 6 N–H and O–H groups in total. The lowest BCUT2D eigenvalue weighted by atomic mass is 9.94. The highest BCUT2D eigenvalue weighted by Crippen LogP contribution is 2.30. The zero-order valence-corrected chi connectivity index (χ0v) is 17.8. The summed E-state index contributed by atoms with van der Waals surface area (Å²) >= 11 is 0. The number of aliphatic hydroxyl groups excluding tert-OH is 4. The van der Waals surface area contributed by atoms with Crippen LogP contribution in [0.25, 0.3) is 0 Å². The number of hydrogen-bond donors (Lipinski definition) is 6. The van der Waals surface area contributed by atoms with Crippen LogP contribution >= 0.6 is 0 Å².